The van der Waals surface area contributed by atoms with Crippen LogP contribution in [0.5, 0.6) is 0 Å². The molecule has 1 unspecified atom stereocenters. The Balaban J connectivity index is 2.52. The molecule has 0 bridgehead atoms. The Morgan fingerprint density at radius 2 is 1.53 bits per heavy atom. The molecule has 0 saturated carbocycles. The average molecular weight is 206 g/mol. The SMILES string of the molecule is CCCCC1=CC=C(CCC)C1CCC. The molecule has 0 radical (unpaired) electrons. The third kappa shape index (κ3) is 3.52. The largest absolute Gasteiger partial charge is 0.0654 e. The van der Waals surface area contributed by atoms with Crippen LogP contribution in [0.25, 0.3) is 0 Å². The molecule has 1 atom stereocenters. The van der Waals surface area contributed by atoms with Gasteiger partial charge in [-0.2, -0.15) is 0 Å². The van der Waals surface area contributed by atoms with Crippen LogP contribution in [-0.4, -0.2) is 0 Å². The summed E-state index contributed by atoms with van der Waals surface area (Å²) in [6, 6.07) is 0. The van der Waals surface area contributed by atoms with E-state index in [1.165, 1.54) is 44.9 Å². The van der Waals surface area contributed by atoms with Gasteiger partial charge in [0.1, 0.15) is 0 Å². The first-order chi connectivity index (χ1) is 7.33. The van der Waals surface area contributed by atoms with Crippen molar-refractivity contribution in [3.63, 3.8) is 0 Å². The van der Waals surface area contributed by atoms with E-state index in [4.69, 9.17) is 0 Å². The van der Waals surface area contributed by atoms with Gasteiger partial charge in [0.2, 0.25) is 0 Å². The molecule has 1 aliphatic carbocycles. The van der Waals surface area contributed by atoms with Crippen LogP contribution in [0.15, 0.2) is 23.3 Å². The fourth-order valence-corrected chi connectivity index (χ4v) is 2.53. The molecule has 0 heterocycles. The smallest absolute Gasteiger partial charge is 0.00131 e. The molecule has 0 fully saturated rings. The highest BCUT2D eigenvalue weighted by atomic mass is 14.3. The Kier molecular flexibility index (Phi) is 5.75. The summed E-state index contributed by atoms with van der Waals surface area (Å²) in [7, 11) is 0. The van der Waals surface area contributed by atoms with Crippen molar-refractivity contribution in [3.05, 3.63) is 23.3 Å². The van der Waals surface area contributed by atoms with Gasteiger partial charge in [0.15, 0.2) is 0 Å². The van der Waals surface area contributed by atoms with E-state index in [9.17, 15) is 0 Å². The van der Waals surface area contributed by atoms with Crippen LogP contribution in [0, 0.1) is 5.92 Å². The topological polar surface area (TPSA) is 0 Å². The van der Waals surface area contributed by atoms with Gasteiger partial charge in [0, 0.05) is 5.92 Å². The Morgan fingerprint density at radius 3 is 2.07 bits per heavy atom. The highest BCUT2D eigenvalue weighted by Crippen LogP contribution is 2.36. The minimum Gasteiger partial charge on any atom is -0.0654 e. The van der Waals surface area contributed by atoms with Crippen LogP contribution in [0.3, 0.4) is 0 Å². The van der Waals surface area contributed by atoms with E-state index in [0.717, 1.165) is 5.92 Å². The minimum atomic E-state index is 0.807. The molecule has 0 nitrogen and oxygen atoms in total. The summed E-state index contributed by atoms with van der Waals surface area (Å²) in [5, 5.41) is 0. The van der Waals surface area contributed by atoms with Crippen molar-refractivity contribution in [1.29, 1.82) is 0 Å². The molecule has 86 valence electrons. The van der Waals surface area contributed by atoms with E-state index in [1.807, 2.05) is 0 Å². The number of rotatable bonds is 7. The van der Waals surface area contributed by atoms with Gasteiger partial charge >= 0.3 is 0 Å². The zero-order valence-electron chi connectivity index (χ0n) is 10.7. The van der Waals surface area contributed by atoms with Crippen molar-refractivity contribution in [2.75, 3.05) is 0 Å². The predicted molar refractivity (Wildman–Crippen MR) is 69.0 cm³/mol. The molecule has 1 rings (SSSR count). The van der Waals surface area contributed by atoms with Gasteiger partial charge in [0.25, 0.3) is 0 Å². The normalized spacial score (nSPS) is 20.3. The van der Waals surface area contributed by atoms with Crippen molar-refractivity contribution in [1.82, 2.24) is 0 Å². The lowest BCUT2D eigenvalue weighted by molar-refractivity contribution is 0.579. The third-order valence-electron chi connectivity index (χ3n) is 3.34. The summed E-state index contributed by atoms with van der Waals surface area (Å²) >= 11 is 0. The maximum absolute atomic E-state index is 2.40. The van der Waals surface area contributed by atoms with E-state index in [-0.39, 0.29) is 0 Å². The van der Waals surface area contributed by atoms with Crippen LogP contribution in [0.1, 0.15) is 65.7 Å². The summed E-state index contributed by atoms with van der Waals surface area (Å²) in [5.74, 6) is 0.807. The fourth-order valence-electron chi connectivity index (χ4n) is 2.53. The first-order valence-electron chi connectivity index (χ1n) is 6.72. The minimum absolute atomic E-state index is 0.807. The lowest BCUT2D eigenvalue weighted by Gasteiger charge is -2.18. The van der Waals surface area contributed by atoms with Crippen LogP contribution < -0.4 is 0 Å². The first-order valence-corrected chi connectivity index (χ1v) is 6.72. The lowest BCUT2D eigenvalue weighted by atomic mass is 9.87. The average Bonchev–Trinajstić information content (AvgIpc) is 2.60. The van der Waals surface area contributed by atoms with E-state index >= 15 is 0 Å². The van der Waals surface area contributed by atoms with Gasteiger partial charge in [-0.25, -0.2) is 0 Å². The molecular formula is C15H26. The number of hydrogen-bond donors (Lipinski definition) is 0. The van der Waals surface area contributed by atoms with Gasteiger partial charge in [-0.15, -0.1) is 0 Å². The van der Waals surface area contributed by atoms with Crippen molar-refractivity contribution < 1.29 is 0 Å². The van der Waals surface area contributed by atoms with Crippen molar-refractivity contribution in [2.24, 2.45) is 5.92 Å². The molecule has 0 aromatic carbocycles. The molecule has 0 N–H and O–H groups in total. The first kappa shape index (κ1) is 12.5. The summed E-state index contributed by atoms with van der Waals surface area (Å²) in [4.78, 5) is 0. The molecule has 0 saturated heterocycles. The number of allylic oxidation sites excluding steroid dienone is 4. The standard InChI is InChI=1S/C15H26/c1-4-7-10-14-12-11-13(8-5-2)15(14)9-6-3/h11-12,15H,4-10H2,1-3H3. The molecule has 1 aliphatic rings. The highest BCUT2D eigenvalue weighted by molar-refractivity contribution is 5.34. The fraction of sp³-hybridized carbons (Fsp3) is 0.733. The van der Waals surface area contributed by atoms with Crippen molar-refractivity contribution >= 4 is 0 Å². The molecule has 15 heavy (non-hydrogen) atoms. The number of hydrogen-bond acceptors (Lipinski definition) is 0. The molecule has 0 aromatic heterocycles. The van der Waals surface area contributed by atoms with E-state index in [0.29, 0.717) is 0 Å². The summed E-state index contributed by atoms with van der Waals surface area (Å²) in [6.07, 6.45) is 14.1. The Labute approximate surface area is 95.5 Å². The maximum Gasteiger partial charge on any atom is 0.00131 e. The lowest BCUT2D eigenvalue weighted by Crippen LogP contribution is -2.04. The Bertz CT molecular complexity index is 232. The van der Waals surface area contributed by atoms with Crippen LogP contribution in [0.2, 0.25) is 0 Å². The van der Waals surface area contributed by atoms with Gasteiger partial charge in [-0.3, -0.25) is 0 Å². The number of unbranched alkanes of at least 4 members (excludes halogenated alkanes) is 1. The van der Waals surface area contributed by atoms with E-state index in [2.05, 4.69) is 32.9 Å². The zero-order chi connectivity index (χ0) is 11.1. The predicted octanol–water partition coefficient (Wildman–Crippen LogP) is 5.26. The monoisotopic (exact) mass is 206 g/mol. The molecule has 0 amide bonds. The molecule has 0 aromatic rings. The summed E-state index contributed by atoms with van der Waals surface area (Å²) in [6.45, 7) is 6.87. The zero-order valence-corrected chi connectivity index (χ0v) is 10.7. The van der Waals surface area contributed by atoms with E-state index in [1.54, 1.807) is 11.1 Å². The second-order valence-corrected chi connectivity index (χ2v) is 4.68. The quantitative estimate of drug-likeness (QED) is 0.533. The summed E-state index contributed by atoms with van der Waals surface area (Å²) < 4.78 is 0. The van der Waals surface area contributed by atoms with Crippen molar-refractivity contribution in [2.45, 2.75) is 65.7 Å². The summed E-state index contributed by atoms with van der Waals surface area (Å²) in [5.41, 5.74) is 3.41. The second kappa shape index (κ2) is 6.87. The van der Waals surface area contributed by atoms with Crippen LogP contribution in [0.4, 0.5) is 0 Å². The molecular weight excluding hydrogens is 180 g/mol. The third-order valence-corrected chi connectivity index (χ3v) is 3.34. The van der Waals surface area contributed by atoms with Crippen LogP contribution >= 0.6 is 0 Å². The van der Waals surface area contributed by atoms with E-state index < -0.39 is 0 Å². The molecule has 0 heteroatoms. The Hall–Kier alpha value is -0.520. The highest BCUT2D eigenvalue weighted by Gasteiger charge is 2.20. The molecule has 0 spiro atoms. The Morgan fingerprint density at radius 1 is 0.867 bits per heavy atom. The maximum atomic E-state index is 2.40. The second-order valence-electron chi connectivity index (χ2n) is 4.68. The van der Waals surface area contributed by atoms with Crippen molar-refractivity contribution in [3.8, 4) is 0 Å². The van der Waals surface area contributed by atoms with Crippen LogP contribution in [-0.2, 0) is 0 Å². The van der Waals surface area contributed by atoms with Gasteiger partial charge in [-0.05, 0) is 25.7 Å². The van der Waals surface area contributed by atoms with Gasteiger partial charge < -0.3 is 0 Å². The van der Waals surface area contributed by atoms with Gasteiger partial charge in [0.05, 0.1) is 0 Å². The molecule has 0 aliphatic heterocycles. The van der Waals surface area contributed by atoms with Gasteiger partial charge in [-0.1, -0.05) is 63.3 Å².